The molecule has 1 aliphatic heterocycles. The quantitative estimate of drug-likeness (QED) is 0.215. The van der Waals surface area contributed by atoms with Gasteiger partial charge >= 0.3 is 6.03 Å². The van der Waals surface area contributed by atoms with Crippen LogP contribution in [0, 0.1) is 0 Å². The molecule has 1 saturated heterocycles. The Morgan fingerprint density at radius 2 is 1.44 bits per heavy atom. The second kappa shape index (κ2) is 14.8. The van der Waals surface area contributed by atoms with Gasteiger partial charge in [-0.2, -0.15) is 4.31 Å². The summed E-state index contributed by atoms with van der Waals surface area (Å²) in [5.74, 6) is 0.193. The molecule has 1 heterocycles. The van der Waals surface area contributed by atoms with Crippen LogP contribution >= 0.6 is 0 Å². The minimum Gasteiger partial charge on any atom is -0.489 e. The van der Waals surface area contributed by atoms with E-state index in [9.17, 15) is 18.0 Å². The lowest BCUT2D eigenvalue weighted by Gasteiger charge is -2.39. The molecule has 45 heavy (non-hydrogen) atoms. The highest BCUT2D eigenvalue weighted by molar-refractivity contribution is 7.89. The van der Waals surface area contributed by atoms with Crippen LogP contribution in [-0.4, -0.2) is 75.4 Å². The van der Waals surface area contributed by atoms with Gasteiger partial charge in [0.1, 0.15) is 18.4 Å². The molecule has 1 unspecified atom stereocenters. The van der Waals surface area contributed by atoms with Gasteiger partial charge in [0.2, 0.25) is 15.9 Å². The van der Waals surface area contributed by atoms with Crippen LogP contribution in [0.25, 0.3) is 11.1 Å². The Labute approximate surface area is 264 Å². The van der Waals surface area contributed by atoms with Gasteiger partial charge in [-0.3, -0.25) is 4.79 Å². The zero-order valence-corrected chi connectivity index (χ0v) is 25.9. The Morgan fingerprint density at radius 3 is 2.11 bits per heavy atom. The van der Waals surface area contributed by atoms with Gasteiger partial charge in [0.15, 0.2) is 0 Å². The molecule has 1 aliphatic rings. The summed E-state index contributed by atoms with van der Waals surface area (Å²) in [7, 11) is -2.28. The van der Waals surface area contributed by atoms with Crippen molar-refractivity contribution in [3.63, 3.8) is 0 Å². The molecule has 3 amide bonds. The maximum absolute atomic E-state index is 13.8. The topological polar surface area (TPSA) is 120 Å². The van der Waals surface area contributed by atoms with Gasteiger partial charge in [-0.15, -0.1) is 0 Å². The maximum Gasteiger partial charge on any atom is 0.321 e. The van der Waals surface area contributed by atoms with E-state index in [-0.39, 0.29) is 24.5 Å². The van der Waals surface area contributed by atoms with Gasteiger partial charge in [0, 0.05) is 38.4 Å². The van der Waals surface area contributed by atoms with Crippen LogP contribution in [0.15, 0.2) is 114 Å². The first kappa shape index (κ1) is 31.7. The number of urea groups is 1. The van der Waals surface area contributed by atoms with Crippen molar-refractivity contribution in [3.05, 3.63) is 115 Å². The SMILES string of the molecule is CNCCNC(=O)C1CN(C(=O)Nc2ccc(OCc3ccccc3)cc2)CCN1S(=O)(=O)c1ccc(-c2ccccc2)cc1. The van der Waals surface area contributed by atoms with Crippen LogP contribution in [0.5, 0.6) is 5.75 Å². The van der Waals surface area contributed by atoms with Crippen molar-refractivity contribution in [2.45, 2.75) is 17.5 Å². The molecule has 234 valence electrons. The summed E-state index contributed by atoms with van der Waals surface area (Å²) >= 11 is 0. The van der Waals surface area contributed by atoms with Crippen molar-refractivity contribution in [1.82, 2.24) is 19.8 Å². The molecule has 5 rings (SSSR count). The number of hydrogen-bond donors (Lipinski definition) is 3. The van der Waals surface area contributed by atoms with Crippen molar-refractivity contribution in [3.8, 4) is 16.9 Å². The first-order chi connectivity index (χ1) is 21.8. The van der Waals surface area contributed by atoms with E-state index in [0.717, 1.165) is 16.7 Å². The number of nitrogens with zero attached hydrogens (tertiary/aromatic N) is 2. The second-order valence-electron chi connectivity index (χ2n) is 10.6. The number of likely N-dealkylation sites (N-methyl/N-ethyl adjacent to an activating group) is 1. The van der Waals surface area contributed by atoms with E-state index in [1.165, 1.54) is 9.21 Å². The fraction of sp³-hybridized carbons (Fsp3) is 0.235. The zero-order chi connectivity index (χ0) is 31.6. The summed E-state index contributed by atoms with van der Waals surface area (Å²) in [6.45, 7) is 1.24. The first-order valence-corrected chi connectivity index (χ1v) is 16.2. The van der Waals surface area contributed by atoms with Crippen molar-refractivity contribution in [2.75, 3.05) is 45.1 Å². The highest BCUT2D eigenvalue weighted by Crippen LogP contribution is 2.26. The lowest BCUT2D eigenvalue weighted by molar-refractivity contribution is -0.126. The summed E-state index contributed by atoms with van der Waals surface area (Å²) in [4.78, 5) is 28.1. The van der Waals surface area contributed by atoms with Crippen molar-refractivity contribution >= 4 is 27.6 Å². The second-order valence-corrected chi connectivity index (χ2v) is 12.5. The third-order valence-electron chi connectivity index (χ3n) is 7.52. The number of ether oxygens (including phenoxy) is 1. The Hall–Kier alpha value is -4.71. The van der Waals surface area contributed by atoms with Gasteiger partial charge in [-0.05, 0) is 60.1 Å². The standard InChI is InChI=1S/C34H37N5O5S/c1-35-20-21-36-33(40)32-24-38(34(41)37-29-14-16-30(17-15-29)44-25-26-8-4-2-5-9-26)22-23-39(32)45(42,43)31-18-12-28(13-19-31)27-10-6-3-7-11-27/h2-19,32,35H,20-25H2,1H3,(H,36,40)(H,37,41). The lowest BCUT2D eigenvalue weighted by atomic mass is 10.1. The van der Waals surface area contributed by atoms with Crippen LogP contribution in [0.3, 0.4) is 0 Å². The van der Waals surface area contributed by atoms with Crippen molar-refractivity contribution in [1.29, 1.82) is 0 Å². The Balaban J connectivity index is 1.26. The van der Waals surface area contributed by atoms with Crippen LogP contribution in [0.4, 0.5) is 10.5 Å². The molecular formula is C34H37N5O5S. The number of piperazine rings is 1. The summed E-state index contributed by atoms with van der Waals surface area (Å²) < 4.78 is 34.7. The first-order valence-electron chi connectivity index (χ1n) is 14.8. The number of hydrogen-bond acceptors (Lipinski definition) is 6. The highest BCUT2D eigenvalue weighted by atomic mass is 32.2. The Kier molecular flexibility index (Phi) is 10.5. The number of carbonyl (C=O) groups excluding carboxylic acids is 2. The van der Waals surface area contributed by atoms with Crippen LogP contribution in [0.1, 0.15) is 5.56 Å². The van der Waals surface area contributed by atoms with Crippen LogP contribution < -0.4 is 20.7 Å². The molecule has 0 aromatic heterocycles. The third-order valence-corrected chi connectivity index (χ3v) is 9.44. The maximum atomic E-state index is 13.8. The highest BCUT2D eigenvalue weighted by Gasteiger charge is 2.41. The van der Waals surface area contributed by atoms with E-state index in [1.54, 1.807) is 55.6 Å². The Bertz CT molecular complexity index is 1670. The zero-order valence-electron chi connectivity index (χ0n) is 25.1. The van der Waals surface area contributed by atoms with Gasteiger partial charge < -0.3 is 25.6 Å². The van der Waals surface area contributed by atoms with E-state index >= 15 is 0 Å². The van der Waals surface area contributed by atoms with E-state index < -0.39 is 28.0 Å². The van der Waals surface area contributed by atoms with Crippen LogP contribution in [0.2, 0.25) is 0 Å². The van der Waals surface area contributed by atoms with Gasteiger partial charge in [0.05, 0.1) is 4.90 Å². The molecule has 11 heteroatoms. The molecule has 1 atom stereocenters. The predicted octanol–water partition coefficient (Wildman–Crippen LogP) is 4.18. The summed E-state index contributed by atoms with van der Waals surface area (Å²) in [5.41, 5.74) is 3.45. The monoisotopic (exact) mass is 627 g/mol. The Morgan fingerprint density at radius 1 is 0.800 bits per heavy atom. The van der Waals surface area contributed by atoms with E-state index in [4.69, 9.17) is 4.74 Å². The van der Waals surface area contributed by atoms with E-state index in [0.29, 0.717) is 31.1 Å². The molecule has 0 aliphatic carbocycles. The normalized spacial score (nSPS) is 15.3. The fourth-order valence-corrected chi connectivity index (χ4v) is 6.61. The minimum absolute atomic E-state index is 0.0352. The molecule has 0 spiro atoms. The number of benzene rings is 4. The number of amides is 3. The summed E-state index contributed by atoms with van der Waals surface area (Å²) in [6, 6.07) is 31.6. The molecule has 1 fully saturated rings. The van der Waals surface area contributed by atoms with E-state index in [1.807, 2.05) is 60.7 Å². The number of rotatable bonds is 11. The fourth-order valence-electron chi connectivity index (χ4n) is 5.04. The van der Waals surface area contributed by atoms with Crippen molar-refractivity contribution in [2.24, 2.45) is 0 Å². The van der Waals surface area contributed by atoms with Gasteiger partial charge in [0.25, 0.3) is 0 Å². The lowest BCUT2D eigenvalue weighted by Crippen LogP contribution is -2.62. The number of anilines is 1. The minimum atomic E-state index is -4.04. The molecule has 0 radical (unpaired) electrons. The predicted molar refractivity (Wildman–Crippen MR) is 174 cm³/mol. The molecule has 4 aromatic rings. The van der Waals surface area contributed by atoms with E-state index in [2.05, 4.69) is 16.0 Å². The number of sulfonamides is 1. The number of carbonyl (C=O) groups is 2. The average molecular weight is 628 g/mol. The molecular weight excluding hydrogens is 590 g/mol. The smallest absolute Gasteiger partial charge is 0.321 e. The molecule has 10 nitrogen and oxygen atoms in total. The van der Waals surface area contributed by atoms with Gasteiger partial charge in [-0.1, -0.05) is 72.8 Å². The summed E-state index contributed by atoms with van der Waals surface area (Å²) in [5, 5.41) is 8.61. The number of nitrogens with one attached hydrogen (secondary N) is 3. The molecule has 0 bridgehead atoms. The molecule has 0 saturated carbocycles. The molecule has 3 N–H and O–H groups in total. The van der Waals surface area contributed by atoms with Crippen LogP contribution in [-0.2, 0) is 21.4 Å². The summed E-state index contributed by atoms with van der Waals surface area (Å²) in [6.07, 6.45) is 0. The third kappa shape index (κ3) is 8.07. The van der Waals surface area contributed by atoms with Crippen molar-refractivity contribution < 1.29 is 22.7 Å². The molecule has 4 aromatic carbocycles. The largest absolute Gasteiger partial charge is 0.489 e. The average Bonchev–Trinajstić information content (AvgIpc) is 3.08. The van der Waals surface area contributed by atoms with Gasteiger partial charge in [-0.25, -0.2) is 13.2 Å².